The van der Waals surface area contributed by atoms with E-state index in [-0.39, 0.29) is 17.9 Å². The summed E-state index contributed by atoms with van der Waals surface area (Å²) in [6.07, 6.45) is 3.18. The first-order valence-electron chi connectivity index (χ1n) is 8.45. The summed E-state index contributed by atoms with van der Waals surface area (Å²) in [5.74, 6) is 0.135. The Labute approximate surface area is 156 Å². The van der Waals surface area contributed by atoms with Gasteiger partial charge in [-0.15, -0.1) is 0 Å². The molecule has 6 heteroatoms. The molecule has 0 saturated heterocycles. The average molecular weight is 368 g/mol. The molecule has 5 nitrogen and oxygen atoms in total. The van der Waals surface area contributed by atoms with Crippen LogP contribution in [-0.4, -0.2) is 21.8 Å². The van der Waals surface area contributed by atoms with Crippen molar-refractivity contribution in [2.24, 2.45) is 5.92 Å². The fraction of sp³-hybridized carbons (Fsp3) is 0.200. The maximum absolute atomic E-state index is 12.6. The summed E-state index contributed by atoms with van der Waals surface area (Å²) >= 11 is 5.96. The van der Waals surface area contributed by atoms with Crippen LogP contribution in [0.1, 0.15) is 12.5 Å². The van der Waals surface area contributed by atoms with Crippen molar-refractivity contribution in [1.82, 2.24) is 9.78 Å². The van der Waals surface area contributed by atoms with E-state index in [0.717, 1.165) is 16.5 Å². The minimum Gasteiger partial charge on any atom is -0.497 e. The molecule has 1 aliphatic rings. The second kappa shape index (κ2) is 6.84. The Morgan fingerprint density at radius 2 is 2.00 bits per heavy atom. The Bertz CT molecular complexity index is 978. The quantitative estimate of drug-likeness (QED) is 0.751. The summed E-state index contributed by atoms with van der Waals surface area (Å²) in [6, 6.07) is 15.5. The van der Waals surface area contributed by atoms with Crippen LogP contribution in [-0.2, 0) is 16.1 Å². The lowest BCUT2D eigenvalue weighted by Crippen LogP contribution is -2.28. The summed E-state index contributed by atoms with van der Waals surface area (Å²) in [5.41, 5.74) is 2.05. The van der Waals surface area contributed by atoms with Crippen molar-refractivity contribution in [1.29, 1.82) is 0 Å². The molecule has 2 heterocycles. The molecule has 0 saturated carbocycles. The van der Waals surface area contributed by atoms with Crippen molar-refractivity contribution < 1.29 is 9.53 Å². The van der Waals surface area contributed by atoms with Crippen LogP contribution in [0.5, 0.6) is 0 Å². The zero-order valence-electron chi connectivity index (χ0n) is 14.2. The molecule has 1 amide bonds. The van der Waals surface area contributed by atoms with Gasteiger partial charge in [0.2, 0.25) is 5.91 Å². The molecule has 3 aromatic rings. The van der Waals surface area contributed by atoms with Gasteiger partial charge in [-0.1, -0.05) is 35.9 Å². The number of aromatic nitrogens is 2. The van der Waals surface area contributed by atoms with Gasteiger partial charge in [-0.05, 0) is 42.8 Å². The molecule has 2 aromatic carbocycles. The Hall–Kier alpha value is -2.79. The summed E-state index contributed by atoms with van der Waals surface area (Å²) < 4.78 is 7.22. The predicted molar refractivity (Wildman–Crippen MR) is 102 cm³/mol. The third-order valence-electron chi connectivity index (χ3n) is 4.53. The number of halogens is 1. The molecule has 0 bridgehead atoms. The van der Waals surface area contributed by atoms with Gasteiger partial charge in [0, 0.05) is 10.4 Å². The summed E-state index contributed by atoms with van der Waals surface area (Å²) in [7, 11) is 0. The van der Waals surface area contributed by atoms with E-state index in [4.69, 9.17) is 16.3 Å². The number of carbonyl (C=O) groups is 1. The number of fused-ring (bicyclic) bond motifs is 1. The molecule has 0 fully saturated rings. The van der Waals surface area contributed by atoms with Crippen molar-refractivity contribution >= 4 is 34.2 Å². The van der Waals surface area contributed by atoms with Gasteiger partial charge in [0.05, 0.1) is 24.2 Å². The predicted octanol–water partition coefficient (Wildman–Crippen LogP) is 4.23. The highest BCUT2D eigenvalue weighted by Gasteiger charge is 2.28. The number of nitrogens with one attached hydrogen (secondary N) is 1. The molecule has 0 spiro atoms. The Morgan fingerprint density at radius 3 is 2.73 bits per heavy atom. The number of amides is 1. The lowest BCUT2D eigenvalue weighted by Gasteiger charge is -2.13. The van der Waals surface area contributed by atoms with E-state index >= 15 is 0 Å². The molecule has 1 N–H and O–H groups in total. The van der Waals surface area contributed by atoms with Crippen LogP contribution in [0.3, 0.4) is 0 Å². The maximum atomic E-state index is 12.6. The fourth-order valence-electron chi connectivity index (χ4n) is 3.10. The van der Waals surface area contributed by atoms with Gasteiger partial charge in [-0.3, -0.25) is 9.48 Å². The van der Waals surface area contributed by atoms with Crippen LogP contribution in [0.2, 0.25) is 5.02 Å². The number of hydrogen-bond acceptors (Lipinski definition) is 3. The Morgan fingerprint density at radius 1 is 1.23 bits per heavy atom. The van der Waals surface area contributed by atoms with E-state index in [1.54, 1.807) is 12.3 Å². The van der Waals surface area contributed by atoms with Crippen molar-refractivity contribution in [3.8, 4) is 0 Å². The summed E-state index contributed by atoms with van der Waals surface area (Å²) in [5, 5.41) is 9.19. The Kier molecular flexibility index (Phi) is 4.39. The van der Waals surface area contributed by atoms with Crippen molar-refractivity contribution in [3.63, 3.8) is 0 Å². The molecule has 2 atom stereocenters. The number of anilines is 1. The van der Waals surface area contributed by atoms with Gasteiger partial charge in [0.15, 0.2) is 5.82 Å². The second-order valence-corrected chi connectivity index (χ2v) is 6.77. The minimum atomic E-state index is -0.310. The Balaban J connectivity index is 1.64. The van der Waals surface area contributed by atoms with Gasteiger partial charge in [0.1, 0.15) is 6.10 Å². The topological polar surface area (TPSA) is 56.1 Å². The van der Waals surface area contributed by atoms with Gasteiger partial charge >= 0.3 is 0 Å². The minimum absolute atomic E-state index is 0.117. The first kappa shape index (κ1) is 16.7. The van der Waals surface area contributed by atoms with E-state index in [2.05, 4.69) is 10.4 Å². The zero-order chi connectivity index (χ0) is 18.1. The van der Waals surface area contributed by atoms with Gasteiger partial charge in [-0.2, -0.15) is 5.10 Å². The number of para-hydroxylation sites is 1. The molecule has 4 rings (SSSR count). The molecule has 26 heavy (non-hydrogen) atoms. The monoisotopic (exact) mass is 367 g/mol. The molecule has 1 aromatic heterocycles. The lowest BCUT2D eigenvalue weighted by atomic mass is 10.0. The number of carbonyl (C=O) groups excluding carboxylic acids is 1. The number of rotatable bonds is 4. The van der Waals surface area contributed by atoms with Crippen molar-refractivity contribution in [2.45, 2.75) is 19.6 Å². The molecule has 0 radical (unpaired) electrons. The smallest absolute Gasteiger partial charge is 0.236 e. The van der Waals surface area contributed by atoms with Crippen LogP contribution < -0.4 is 5.32 Å². The average Bonchev–Trinajstić information content (AvgIpc) is 3.22. The fourth-order valence-corrected chi connectivity index (χ4v) is 3.22. The van der Waals surface area contributed by atoms with E-state index in [0.29, 0.717) is 17.4 Å². The summed E-state index contributed by atoms with van der Waals surface area (Å²) in [6.45, 7) is 2.47. The number of hydrogen-bond donors (Lipinski definition) is 1. The van der Waals surface area contributed by atoms with E-state index < -0.39 is 0 Å². The SMILES string of the molecule is CC1OC=CC1C(=O)Nc1nn(Cc2ccc(Cl)cc2)c2ccccc12. The number of nitrogens with zero attached hydrogens (tertiary/aromatic N) is 2. The third-order valence-corrected chi connectivity index (χ3v) is 4.78. The van der Waals surface area contributed by atoms with Crippen LogP contribution in [0, 0.1) is 5.92 Å². The van der Waals surface area contributed by atoms with E-state index in [9.17, 15) is 4.79 Å². The van der Waals surface area contributed by atoms with Crippen LogP contribution >= 0.6 is 11.6 Å². The first-order valence-corrected chi connectivity index (χ1v) is 8.82. The normalized spacial score (nSPS) is 18.8. The van der Waals surface area contributed by atoms with Crippen molar-refractivity contribution in [3.05, 3.63) is 71.5 Å². The summed E-state index contributed by atoms with van der Waals surface area (Å²) in [4.78, 5) is 12.6. The number of benzene rings is 2. The third kappa shape index (κ3) is 3.18. The highest BCUT2D eigenvalue weighted by atomic mass is 35.5. The van der Waals surface area contributed by atoms with E-state index in [1.165, 1.54) is 0 Å². The maximum Gasteiger partial charge on any atom is 0.236 e. The highest BCUT2D eigenvalue weighted by Crippen LogP contribution is 2.26. The molecule has 132 valence electrons. The molecule has 0 aliphatic carbocycles. The molecular weight excluding hydrogens is 350 g/mol. The lowest BCUT2D eigenvalue weighted by molar-refractivity contribution is -0.120. The van der Waals surface area contributed by atoms with E-state index in [1.807, 2.05) is 60.1 Å². The largest absolute Gasteiger partial charge is 0.497 e. The van der Waals surface area contributed by atoms with Gasteiger partial charge in [-0.25, -0.2) is 0 Å². The standard InChI is InChI=1S/C20H18ClN3O2/c1-13-16(10-11-26-13)20(25)22-19-17-4-2-3-5-18(17)24(23-19)12-14-6-8-15(21)9-7-14/h2-11,13,16H,12H2,1H3,(H,22,23,25). The molecule has 2 unspecified atom stereocenters. The molecular formula is C20H18ClN3O2. The number of ether oxygens (including phenoxy) is 1. The van der Waals surface area contributed by atoms with Crippen LogP contribution in [0.4, 0.5) is 5.82 Å². The first-order chi connectivity index (χ1) is 12.6. The zero-order valence-corrected chi connectivity index (χ0v) is 15.0. The van der Waals surface area contributed by atoms with Crippen LogP contribution in [0.15, 0.2) is 60.9 Å². The van der Waals surface area contributed by atoms with Crippen molar-refractivity contribution in [2.75, 3.05) is 5.32 Å². The molecule has 1 aliphatic heterocycles. The van der Waals surface area contributed by atoms with Crippen LogP contribution in [0.25, 0.3) is 10.9 Å². The van der Waals surface area contributed by atoms with Gasteiger partial charge in [0.25, 0.3) is 0 Å². The highest BCUT2D eigenvalue weighted by molar-refractivity contribution is 6.30. The van der Waals surface area contributed by atoms with Gasteiger partial charge < -0.3 is 10.1 Å². The second-order valence-electron chi connectivity index (χ2n) is 6.33.